The van der Waals surface area contributed by atoms with Gasteiger partial charge in [0.25, 0.3) is 0 Å². The Morgan fingerprint density at radius 3 is 2.71 bits per heavy atom. The number of rotatable bonds is 3. The van der Waals surface area contributed by atoms with Crippen LogP contribution in [0.1, 0.15) is 11.1 Å². The van der Waals surface area contributed by atoms with E-state index < -0.39 is 0 Å². The van der Waals surface area contributed by atoms with Crippen LogP contribution in [0.5, 0.6) is 11.6 Å². The van der Waals surface area contributed by atoms with Gasteiger partial charge in [0.05, 0.1) is 12.1 Å². The van der Waals surface area contributed by atoms with Crippen molar-refractivity contribution in [2.75, 3.05) is 0 Å². The monoisotopic (exact) mass is 343 g/mol. The molecule has 4 heteroatoms. The number of aliphatic hydroxyl groups is 1. The summed E-state index contributed by atoms with van der Waals surface area (Å²) >= 11 is 3.43. The summed E-state index contributed by atoms with van der Waals surface area (Å²) in [5.41, 5.74) is 2.53. The van der Waals surface area contributed by atoms with Crippen LogP contribution in [0.4, 0.5) is 0 Å². The summed E-state index contributed by atoms with van der Waals surface area (Å²) in [6, 6.07) is 15.5. The summed E-state index contributed by atoms with van der Waals surface area (Å²) in [5, 5.41) is 10.5. The van der Waals surface area contributed by atoms with Gasteiger partial charge in [0.15, 0.2) is 0 Å². The molecule has 1 N–H and O–H groups in total. The van der Waals surface area contributed by atoms with E-state index in [4.69, 9.17) is 4.74 Å². The number of halogens is 1. The highest BCUT2D eigenvalue weighted by Gasteiger charge is 2.10. The highest BCUT2D eigenvalue weighted by molar-refractivity contribution is 9.10. The molecule has 0 radical (unpaired) electrons. The number of hydrogen-bond acceptors (Lipinski definition) is 3. The molecule has 0 saturated carbocycles. The van der Waals surface area contributed by atoms with Crippen molar-refractivity contribution >= 4 is 26.8 Å². The lowest BCUT2D eigenvalue weighted by molar-refractivity contribution is 0.275. The van der Waals surface area contributed by atoms with Crippen LogP contribution in [0.3, 0.4) is 0 Å². The molecule has 0 aliphatic heterocycles. The molecule has 0 aliphatic carbocycles. The van der Waals surface area contributed by atoms with E-state index in [0.717, 1.165) is 26.7 Å². The van der Waals surface area contributed by atoms with Gasteiger partial charge >= 0.3 is 0 Å². The number of pyridine rings is 1. The van der Waals surface area contributed by atoms with Crippen LogP contribution >= 0.6 is 15.9 Å². The zero-order chi connectivity index (χ0) is 14.8. The first-order valence-corrected chi connectivity index (χ1v) is 7.40. The van der Waals surface area contributed by atoms with Gasteiger partial charge in [0, 0.05) is 15.4 Å². The van der Waals surface area contributed by atoms with Gasteiger partial charge in [-0.25, -0.2) is 4.98 Å². The van der Waals surface area contributed by atoms with Crippen molar-refractivity contribution in [2.24, 2.45) is 0 Å². The van der Waals surface area contributed by atoms with E-state index in [1.807, 2.05) is 55.5 Å². The van der Waals surface area contributed by atoms with E-state index in [1.54, 1.807) is 0 Å². The predicted molar refractivity (Wildman–Crippen MR) is 86.6 cm³/mol. The molecular weight excluding hydrogens is 330 g/mol. The Morgan fingerprint density at radius 2 is 1.95 bits per heavy atom. The SMILES string of the molecule is Cc1cc(Br)ccc1Oc1nc2ccccc2cc1CO. The van der Waals surface area contributed by atoms with Crippen LogP contribution in [0.15, 0.2) is 53.0 Å². The van der Waals surface area contributed by atoms with Gasteiger partial charge in [-0.2, -0.15) is 0 Å². The lowest BCUT2D eigenvalue weighted by Crippen LogP contribution is -1.97. The van der Waals surface area contributed by atoms with Gasteiger partial charge in [-0.05, 0) is 42.8 Å². The molecule has 1 heterocycles. The third-order valence-corrected chi connectivity index (χ3v) is 3.77. The van der Waals surface area contributed by atoms with E-state index in [1.165, 1.54) is 0 Å². The number of nitrogens with zero attached hydrogens (tertiary/aromatic N) is 1. The Morgan fingerprint density at radius 1 is 1.14 bits per heavy atom. The van der Waals surface area contributed by atoms with Crippen molar-refractivity contribution in [1.29, 1.82) is 0 Å². The summed E-state index contributed by atoms with van der Waals surface area (Å²) in [6.45, 7) is 1.86. The van der Waals surface area contributed by atoms with Gasteiger partial charge in [0.2, 0.25) is 5.88 Å². The number of aryl methyl sites for hydroxylation is 1. The van der Waals surface area contributed by atoms with E-state index in [-0.39, 0.29) is 6.61 Å². The number of fused-ring (bicyclic) bond motifs is 1. The first kappa shape index (κ1) is 14.0. The molecule has 0 spiro atoms. The summed E-state index contributed by atoms with van der Waals surface area (Å²) < 4.78 is 6.90. The molecule has 0 fully saturated rings. The van der Waals surface area contributed by atoms with Crippen LogP contribution in [-0.4, -0.2) is 10.1 Å². The molecule has 0 unspecified atom stereocenters. The second-order valence-corrected chi connectivity index (χ2v) is 5.73. The molecule has 3 aromatic rings. The average molecular weight is 344 g/mol. The Bertz CT molecular complexity index is 802. The molecule has 106 valence electrons. The molecule has 0 amide bonds. The van der Waals surface area contributed by atoms with Crippen molar-refractivity contribution in [3.8, 4) is 11.6 Å². The van der Waals surface area contributed by atoms with Crippen LogP contribution in [0, 0.1) is 6.92 Å². The quantitative estimate of drug-likeness (QED) is 0.756. The normalized spacial score (nSPS) is 10.8. The maximum atomic E-state index is 9.54. The minimum absolute atomic E-state index is 0.108. The lowest BCUT2D eigenvalue weighted by Gasteiger charge is -2.12. The standard InChI is InChI=1S/C17H14BrNO2/c1-11-8-14(18)6-7-16(11)21-17-13(10-20)9-12-4-2-3-5-15(12)19-17/h2-9,20H,10H2,1H3. The minimum Gasteiger partial charge on any atom is -0.438 e. The fourth-order valence-electron chi connectivity index (χ4n) is 2.18. The second kappa shape index (κ2) is 5.84. The number of aromatic nitrogens is 1. The van der Waals surface area contributed by atoms with Crippen molar-refractivity contribution < 1.29 is 9.84 Å². The van der Waals surface area contributed by atoms with Gasteiger partial charge in [-0.1, -0.05) is 34.1 Å². The van der Waals surface area contributed by atoms with Crippen molar-refractivity contribution in [3.05, 3.63) is 64.1 Å². The molecule has 0 bridgehead atoms. The number of hydrogen-bond donors (Lipinski definition) is 1. The summed E-state index contributed by atoms with van der Waals surface area (Å²) in [6.07, 6.45) is 0. The molecule has 3 rings (SSSR count). The summed E-state index contributed by atoms with van der Waals surface area (Å²) in [4.78, 5) is 4.51. The Kier molecular flexibility index (Phi) is 3.90. The Labute approximate surface area is 131 Å². The lowest BCUT2D eigenvalue weighted by atomic mass is 10.1. The molecule has 21 heavy (non-hydrogen) atoms. The topological polar surface area (TPSA) is 42.4 Å². The number of aliphatic hydroxyl groups excluding tert-OH is 1. The van der Waals surface area contributed by atoms with E-state index in [2.05, 4.69) is 20.9 Å². The number of benzene rings is 2. The average Bonchev–Trinajstić information content (AvgIpc) is 2.49. The zero-order valence-corrected chi connectivity index (χ0v) is 13.1. The summed E-state index contributed by atoms with van der Waals surface area (Å²) in [7, 11) is 0. The van der Waals surface area contributed by atoms with E-state index in [9.17, 15) is 5.11 Å². The zero-order valence-electron chi connectivity index (χ0n) is 11.5. The van der Waals surface area contributed by atoms with Crippen molar-refractivity contribution in [3.63, 3.8) is 0 Å². The first-order chi connectivity index (χ1) is 10.2. The first-order valence-electron chi connectivity index (χ1n) is 6.61. The van der Waals surface area contributed by atoms with Crippen molar-refractivity contribution in [1.82, 2.24) is 4.98 Å². The molecule has 0 aliphatic rings. The maximum Gasteiger partial charge on any atom is 0.225 e. The molecule has 0 atom stereocenters. The third-order valence-electron chi connectivity index (χ3n) is 3.28. The molecule has 2 aromatic carbocycles. The van der Waals surface area contributed by atoms with Crippen LogP contribution in [-0.2, 0) is 6.61 Å². The van der Waals surface area contributed by atoms with Gasteiger partial charge in [-0.3, -0.25) is 0 Å². The largest absolute Gasteiger partial charge is 0.438 e. The number of para-hydroxylation sites is 1. The molecule has 1 aromatic heterocycles. The third kappa shape index (κ3) is 2.91. The smallest absolute Gasteiger partial charge is 0.225 e. The fourth-order valence-corrected chi connectivity index (χ4v) is 2.65. The van der Waals surface area contributed by atoms with E-state index in [0.29, 0.717) is 11.4 Å². The van der Waals surface area contributed by atoms with Crippen LogP contribution in [0.25, 0.3) is 10.9 Å². The van der Waals surface area contributed by atoms with Crippen molar-refractivity contribution in [2.45, 2.75) is 13.5 Å². The summed E-state index contributed by atoms with van der Waals surface area (Å²) in [5.74, 6) is 1.18. The highest BCUT2D eigenvalue weighted by atomic mass is 79.9. The van der Waals surface area contributed by atoms with Gasteiger partial charge in [-0.15, -0.1) is 0 Å². The molecular formula is C17H14BrNO2. The van der Waals surface area contributed by atoms with Gasteiger partial charge in [0.1, 0.15) is 5.75 Å². The fraction of sp³-hybridized carbons (Fsp3) is 0.118. The Hall–Kier alpha value is -1.91. The van der Waals surface area contributed by atoms with Gasteiger partial charge < -0.3 is 9.84 Å². The van der Waals surface area contributed by atoms with E-state index >= 15 is 0 Å². The second-order valence-electron chi connectivity index (χ2n) is 4.82. The minimum atomic E-state index is -0.108. The predicted octanol–water partition coefficient (Wildman–Crippen LogP) is 4.59. The highest BCUT2D eigenvalue weighted by Crippen LogP contribution is 2.30. The Balaban J connectivity index is 2.06. The van der Waals surface area contributed by atoms with Crippen LogP contribution in [0.2, 0.25) is 0 Å². The number of ether oxygens (including phenoxy) is 1. The van der Waals surface area contributed by atoms with Crippen LogP contribution < -0.4 is 4.74 Å². The molecule has 0 saturated heterocycles. The molecule has 3 nitrogen and oxygen atoms in total. The maximum absolute atomic E-state index is 9.54.